The Morgan fingerprint density at radius 3 is 2.61 bits per heavy atom. The van der Waals surface area contributed by atoms with E-state index in [4.69, 9.17) is 5.26 Å². The van der Waals surface area contributed by atoms with Crippen LogP contribution in [-0.2, 0) is 0 Å². The van der Waals surface area contributed by atoms with E-state index in [1.807, 2.05) is 6.07 Å². The first-order valence-corrected chi connectivity index (χ1v) is 8.89. The standard InChI is InChI=1S/C20H18FNS/c1-13-17(9-10-22)20-12-15(21)5-8-18(20)19(13)11-14-3-6-16(23-2)7-4-14/h3-8,11-13,17H,9H2,1-2H3/b19-11-. The average molecular weight is 323 g/mol. The summed E-state index contributed by atoms with van der Waals surface area (Å²) in [7, 11) is 0. The number of hydrogen-bond acceptors (Lipinski definition) is 2. The number of nitrogens with zero attached hydrogens (tertiary/aromatic N) is 1. The van der Waals surface area contributed by atoms with E-state index in [1.54, 1.807) is 17.8 Å². The highest BCUT2D eigenvalue weighted by Gasteiger charge is 2.33. The monoisotopic (exact) mass is 323 g/mol. The van der Waals surface area contributed by atoms with E-state index in [0.29, 0.717) is 6.42 Å². The molecule has 3 rings (SSSR count). The predicted octanol–water partition coefficient (Wildman–Crippen LogP) is 5.74. The Balaban J connectivity index is 2.05. The van der Waals surface area contributed by atoms with Crippen molar-refractivity contribution < 1.29 is 4.39 Å². The molecule has 2 aromatic carbocycles. The predicted molar refractivity (Wildman–Crippen MR) is 94.6 cm³/mol. The van der Waals surface area contributed by atoms with Crippen LogP contribution < -0.4 is 0 Å². The zero-order valence-electron chi connectivity index (χ0n) is 13.2. The minimum atomic E-state index is -0.232. The third-order valence-corrected chi connectivity index (χ3v) is 5.31. The fourth-order valence-corrected chi connectivity index (χ4v) is 3.72. The van der Waals surface area contributed by atoms with Gasteiger partial charge in [-0.15, -0.1) is 11.8 Å². The lowest BCUT2D eigenvalue weighted by atomic mass is 9.89. The highest BCUT2D eigenvalue weighted by molar-refractivity contribution is 7.98. The number of thioether (sulfide) groups is 1. The molecule has 0 saturated carbocycles. The summed E-state index contributed by atoms with van der Waals surface area (Å²) in [6, 6.07) is 15.6. The van der Waals surface area contributed by atoms with Gasteiger partial charge in [0.15, 0.2) is 0 Å². The van der Waals surface area contributed by atoms with E-state index < -0.39 is 0 Å². The fraction of sp³-hybridized carbons (Fsp3) is 0.250. The number of fused-ring (bicyclic) bond motifs is 1. The minimum absolute atomic E-state index is 0.0717. The first-order chi connectivity index (χ1) is 11.1. The van der Waals surface area contributed by atoms with Gasteiger partial charge in [0.2, 0.25) is 0 Å². The Morgan fingerprint density at radius 1 is 1.22 bits per heavy atom. The maximum Gasteiger partial charge on any atom is 0.123 e. The third kappa shape index (κ3) is 3.04. The van der Waals surface area contributed by atoms with E-state index in [1.165, 1.54) is 16.5 Å². The smallest absolute Gasteiger partial charge is 0.123 e. The van der Waals surface area contributed by atoms with Gasteiger partial charge in [0.1, 0.15) is 5.82 Å². The van der Waals surface area contributed by atoms with Gasteiger partial charge < -0.3 is 0 Å². The molecule has 116 valence electrons. The number of halogens is 1. The van der Waals surface area contributed by atoms with Crippen LogP contribution in [0.25, 0.3) is 11.6 Å². The molecule has 1 aliphatic rings. The van der Waals surface area contributed by atoms with Gasteiger partial charge in [0.25, 0.3) is 0 Å². The maximum absolute atomic E-state index is 13.6. The van der Waals surface area contributed by atoms with Crippen molar-refractivity contribution in [3.8, 4) is 6.07 Å². The Morgan fingerprint density at radius 2 is 1.96 bits per heavy atom. The molecule has 2 unspecified atom stereocenters. The van der Waals surface area contributed by atoms with Crippen LogP contribution in [0.3, 0.4) is 0 Å². The molecule has 0 spiro atoms. The molecule has 2 aromatic rings. The van der Waals surface area contributed by atoms with Gasteiger partial charge in [-0.3, -0.25) is 0 Å². The van der Waals surface area contributed by atoms with Crippen LogP contribution in [0.4, 0.5) is 4.39 Å². The molecular weight excluding hydrogens is 305 g/mol. The van der Waals surface area contributed by atoms with Crippen molar-refractivity contribution in [2.24, 2.45) is 5.92 Å². The molecule has 0 saturated heterocycles. The van der Waals surface area contributed by atoms with Crippen molar-refractivity contribution >= 4 is 23.4 Å². The second-order valence-corrected chi connectivity index (χ2v) is 6.74. The van der Waals surface area contributed by atoms with Crippen LogP contribution in [0.15, 0.2) is 47.4 Å². The summed E-state index contributed by atoms with van der Waals surface area (Å²) >= 11 is 1.72. The first-order valence-electron chi connectivity index (χ1n) is 7.66. The van der Waals surface area contributed by atoms with Crippen molar-refractivity contribution in [2.45, 2.75) is 24.2 Å². The lowest BCUT2D eigenvalue weighted by molar-refractivity contribution is 0.586. The highest BCUT2D eigenvalue weighted by Crippen LogP contribution is 2.48. The lowest BCUT2D eigenvalue weighted by Gasteiger charge is -2.13. The molecule has 2 atom stereocenters. The maximum atomic E-state index is 13.6. The van der Waals surface area contributed by atoms with E-state index in [2.05, 4.69) is 49.6 Å². The molecular formula is C20H18FNS. The van der Waals surface area contributed by atoms with Crippen molar-refractivity contribution in [3.63, 3.8) is 0 Å². The molecule has 0 bridgehead atoms. The minimum Gasteiger partial charge on any atom is -0.207 e. The topological polar surface area (TPSA) is 23.8 Å². The summed E-state index contributed by atoms with van der Waals surface area (Å²) in [5.74, 6) is 0.0542. The van der Waals surface area contributed by atoms with Gasteiger partial charge >= 0.3 is 0 Å². The van der Waals surface area contributed by atoms with Crippen LogP contribution in [0.5, 0.6) is 0 Å². The summed E-state index contributed by atoms with van der Waals surface area (Å²) in [4.78, 5) is 1.23. The van der Waals surface area contributed by atoms with Crippen molar-refractivity contribution in [2.75, 3.05) is 6.26 Å². The van der Waals surface area contributed by atoms with Crippen LogP contribution in [0.1, 0.15) is 36.0 Å². The van der Waals surface area contributed by atoms with Crippen LogP contribution in [0, 0.1) is 23.1 Å². The molecule has 0 amide bonds. The van der Waals surface area contributed by atoms with Gasteiger partial charge in [0.05, 0.1) is 6.07 Å². The molecule has 23 heavy (non-hydrogen) atoms. The highest BCUT2D eigenvalue weighted by atomic mass is 32.2. The Labute approximate surface area is 140 Å². The largest absolute Gasteiger partial charge is 0.207 e. The quantitative estimate of drug-likeness (QED) is 0.673. The first kappa shape index (κ1) is 15.8. The van der Waals surface area contributed by atoms with E-state index >= 15 is 0 Å². The van der Waals surface area contributed by atoms with E-state index in [-0.39, 0.29) is 17.7 Å². The summed E-state index contributed by atoms with van der Waals surface area (Å²) in [5, 5.41) is 9.11. The van der Waals surface area contributed by atoms with Gasteiger partial charge in [-0.1, -0.05) is 31.2 Å². The lowest BCUT2D eigenvalue weighted by Crippen LogP contribution is -2.02. The number of benzene rings is 2. The molecule has 0 aliphatic heterocycles. The average Bonchev–Trinajstić information content (AvgIpc) is 2.81. The third-order valence-electron chi connectivity index (χ3n) is 4.57. The number of hydrogen-bond donors (Lipinski definition) is 0. The molecule has 0 fully saturated rings. The van der Waals surface area contributed by atoms with Crippen LogP contribution in [0.2, 0.25) is 0 Å². The second kappa shape index (κ2) is 6.60. The summed E-state index contributed by atoms with van der Waals surface area (Å²) < 4.78 is 13.6. The Hall–Kier alpha value is -2.05. The fourth-order valence-electron chi connectivity index (χ4n) is 3.31. The molecule has 1 aliphatic carbocycles. The van der Waals surface area contributed by atoms with Crippen LogP contribution in [-0.4, -0.2) is 6.26 Å². The van der Waals surface area contributed by atoms with Crippen molar-refractivity contribution in [1.29, 1.82) is 5.26 Å². The van der Waals surface area contributed by atoms with Gasteiger partial charge in [-0.05, 0) is 58.7 Å². The number of nitriles is 1. The molecule has 0 aromatic heterocycles. The summed E-state index contributed by atoms with van der Waals surface area (Å²) in [6.45, 7) is 2.13. The SMILES string of the molecule is CSc1ccc(/C=C2\c3ccc(F)cc3C(CC#N)C2C)cc1. The Kier molecular flexibility index (Phi) is 4.54. The molecule has 1 nitrogen and oxygen atoms in total. The molecule has 0 N–H and O–H groups in total. The van der Waals surface area contributed by atoms with E-state index in [0.717, 1.165) is 16.7 Å². The van der Waals surface area contributed by atoms with Gasteiger partial charge in [-0.2, -0.15) is 5.26 Å². The zero-order chi connectivity index (χ0) is 16.4. The summed E-state index contributed by atoms with van der Waals surface area (Å²) in [6.07, 6.45) is 4.65. The van der Waals surface area contributed by atoms with Gasteiger partial charge in [0, 0.05) is 17.2 Å². The zero-order valence-corrected chi connectivity index (χ0v) is 14.0. The van der Waals surface area contributed by atoms with Crippen LogP contribution >= 0.6 is 11.8 Å². The Bertz CT molecular complexity index is 786. The molecule has 0 radical (unpaired) electrons. The van der Waals surface area contributed by atoms with Gasteiger partial charge in [-0.25, -0.2) is 4.39 Å². The number of rotatable bonds is 3. The molecule has 0 heterocycles. The second-order valence-electron chi connectivity index (χ2n) is 5.86. The van der Waals surface area contributed by atoms with Crippen molar-refractivity contribution in [1.82, 2.24) is 0 Å². The normalized spacial score (nSPS) is 21.2. The number of allylic oxidation sites excluding steroid dienone is 1. The molecule has 3 heteroatoms. The summed E-state index contributed by atoms with van der Waals surface area (Å²) in [5.41, 5.74) is 4.37. The van der Waals surface area contributed by atoms with E-state index in [9.17, 15) is 4.39 Å². The van der Waals surface area contributed by atoms with Crippen molar-refractivity contribution in [3.05, 3.63) is 65.0 Å².